The van der Waals surface area contributed by atoms with E-state index in [1.54, 1.807) is 18.3 Å². The number of nitrogens with one attached hydrogen (secondary N) is 1. The highest BCUT2D eigenvalue weighted by atomic mass is 16.3. The number of aliphatic hydroxyl groups excluding tert-OH is 1. The number of nitrogens with zero attached hydrogens (tertiary/aromatic N) is 1. The normalized spacial score (nSPS) is 11.9. The highest BCUT2D eigenvalue weighted by Gasteiger charge is 2.14. The maximum atomic E-state index is 12.2. The number of carbonyl (C=O) groups is 1. The monoisotopic (exact) mass is 285 g/mol. The molecule has 0 spiro atoms. The second-order valence-electron chi connectivity index (χ2n) is 4.78. The van der Waals surface area contributed by atoms with Gasteiger partial charge in [0, 0.05) is 18.3 Å². The van der Waals surface area contributed by atoms with Gasteiger partial charge in [-0.3, -0.25) is 9.78 Å². The molecule has 110 valence electrons. The Morgan fingerprint density at radius 2 is 2.05 bits per heavy atom. The van der Waals surface area contributed by atoms with Crippen molar-refractivity contribution in [2.75, 3.05) is 6.61 Å². The molecule has 1 atom stereocenters. The summed E-state index contributed by atoms with van der Waals surface area (Å²) in [5.74, 6) is -0.234. The van der Waals surface area contributed by atoms with Crippen LogP contribution in [-0.2, 0) is 13.0 Å². The number of carbonyl (C=O) groups excluding carboxylic acids is 1. The first kappa shape index (κ1) is 15.2. The van der Waals surface area contributed by atoms with E-state index < -0.39 is 0 Å². The molecule has 0 saturated heterocycles. The highest BCUT2D eigenvalue weighted by Crippen LogP contribution is 2.05. The van der Waals surface area contributed by atoms with E-state index in [1.165, 1.54) is 0 Å². The summed E-state index contributed by atoms with van der Waals surface area (Å²) in [4.78, 5) is 16.2. The minimum absolute atomic E-state index is 0.116. The van der Waals surface area contributed by atoms with Crippen LogP contribution in [0.3, 0.4) is 0 Å². The number of nitrogens with two attached hydrogens (primary N) is 1. The van der Waals surface area contributed by atoms with Crippen LogP contribution in [0.25, 0.3) is 0 Å². The summed E-state index contributed by atoms with van der Waals surface area (Å²) in [6, 6.07) is 12.7. The molecule has 0 fully saturated rings. The lowest BCUT2D eigenvalue weighted by Crippen LogP contribution is -2.39. The van der Waals surface area contributed by atoms with Crippen molar-refractivity contribution in [1.82, 2.24) is 10.3 Å². The number of rotatable bonds is 6. The molecule has 1 aromatic heterocycles. The average Bonchev–Trinajstić information content (AvgIpc) is 2.55. The molecule has 1 aromatic carbocycles. The zero-order valence-electron chi connectivity index (χ0n) is 11.7. The van der Waals surface area contributed by atoms with Crippen molar-refractivity contribution in [2.24, 2.45) is 5.73 Å². The Kier molecular flexibility index (Phi) is 5.43. The molecule has 0 unspecified atom stereocenters. The highest BCUT2D eigenvalue weighted by molar-refractivity contribution is 5.94. The maximum Gasteiger partial charge on any atom is 0.251 e. The van der Waals surface area contributed by atoms with E-state index in [-0.39, 0.29) is 25.1 Å². The van der Waals surface area contributed by atoms with E-state index in [9.17, 15) is 9.90 Å². The zero-order valence-corrected chi connectivity index (χ0v) is 11.7. The minimum atomic E-state index is -0.325. The van der Waals surface area contributed by atoms with Gasteiger partial charge in [-0.15, -0.1) is 0 Å². The molecule has 0 radical (unpaired) electrons. The zero-order chi connectivity index (χ0) is 15.1. The van der Waals surface area contributed by atoms with E-state index in [1.807, 2.05) is 30.3 Å². The third-order valence-electron chi connectivity index (χ3n) is 3.17. The summed E-state index contributed by atoms with van der Waals surface area (Å²) >= 11 is 0. The summed E-state index contributed by atoms with van der Waals surface area (Å²) in [6.07, 6.45) is 2.14. The fourth-order valence-electron chi connectivity index (χ4n) is 2.06. The first-order chi connectivity index (χ1) is 10.2. The molecule has 1 heterocycles. The van der Waals surface area contributed by atoms with Crippen LogP contribution in [0.4, 0.5) is 0 Å². The lowest BCUT2D eigenvalue weighted by Gasteiger charge is -2.16. The number of pyridine rings is 1. The maximum absolute atomic E-state index is 12.2. The summed E-state index contributed by atoms with van der Waals surface area (Å²) in [6.45, 7) is 0.171. The fourth-order valence-corrected chi connectivity index (χ4v) is 2.06. The van der Waals surface area contributed by atoms with Gasteiger partial charge >= 0.3 is 0 Å². The van der Waals surface area contributed by atoms with Gasteiger partial charge in [-0.1, -0.05) is 30.3 Å². The van der Waals surface area contributed by atoms with Gasteiger partial charge in [0.2, 0.25) is 0 Å². The fraction of sp³-hybridized carbons (Fsp3) is 0.250. The Bertz CT molecular complexity index is 587. The van der Waals surface area contributed by atoms with Crippen LogP contribution in [0, 0.1) is 0 Å². The lowest BCUT2D eigenvalue weighted by atomic mass is 10.1. The van der Waals surface area contributed by atoms with Crippen molar-refractivity contribution in [3.63, 3.8) is 0 Å². The molecule has 1 amide bonds. The minimum Gasteiger partial charge on any atom is -0.394 e. The molecule has 0 aliphatic carbocycles. The molecule has 0 bridgehead atoms. The second-order valence-corrected chi connectivity index (χ2v) is 4.78. The number of amides is 1. The van der Waals surface area contributed by atoms with Crippen LogP contribution in [0.15, 0.2) is 48.7 Å². The van der Waals surface area contributed by atoms with Crippen LogP contribution >= 0.6 is 0 Å². The number of hydrogen-bond donors (Lipinski definition) is 3. The molecule has 0 aliphatic heterocycles. The first-order valence-corrected chi connectivity index (χ1v) is 6.83. The molecular formula is C16H19N3O2. The SMILES string of the molecule is NCc1cc(C(=O)N[C@@H](CO)Cc2ccccc2)ccn1. The quantitative estimate of drug-likeness (QED) is 0.735. The predicted molar refractivity (Wildman–Crippen MR) is 80.6 cm³/mol. The van der Waals surface area contributed by atoms with Crippen molar-refractivity contribution in [3.8, 4) is 0 Å². The second kappa shape index (κ2) is 7.52. The van der Waals surface area contributed by atoms with Crippen LogP contribution in [0.5, 0.6) is 0 Å². The van der Waals surface area contributed by atoms with Gasteiger partial charge in [0.1, 0.15) is 0 Å². The number of aliphatic hydroxyl groups is 1. The Hall–Kier alpha value is -2.24. The van der Waals surface area contributed by atoms with E-state index in [0.29, 0.717) is 17.7 Å². The Balaban J connectivity index is 2.02. The first-order valence-electron chi connectivity index (χ1n) is 6.83. The summed E-state index contributed by atoms with van der Waals surface area (Å²) < 4.78 is 0. The van der Waals surface area contributed by atoms with Crippen LogP contribution in [0.1, 0.15) is 21.6 Å². The van der Waals surface area contributed by atoms with Crippen molar-refractivity contribution in [1.29, 1.82) is 0 Å². The van der Waals surface area contributed by atoms with Gasteiger partial charge in [0.25, 0.3) is 5.91 Å². The Labute approximate surface area is 123 Å². The van der Waals surface area contributed by atoms with Crippen LogP contribution < -0.4 is 11.1 Å². The van der Waals surface area contributed by atoms with Gasteiger partial charge in [-0.25, -0.2) is 0 Å². The largest absolute Gasteiger partial charge is 0.394 e. The van der Waals surface area contributed by atoms with Crippen LogP contribution in [-0.4, -0.2) is 28.6 Å². The molecule has 0 aliphatic rings. The van der Waals surface area contributed by atoms with Gasteiger partial charge in [-0.05, 0) is 24.1 Å². The van der Waals surface area contributed by atoms with Gasteiger partial charge in [0.15, 0.2) is 0 Å². The number of benzene rings is 1. The summed E-state index contributed by atoms with van der Waals surface area (Å²) in [5, 5.41) is 12.3. The molecule has 2 rings (SSSR count). The molecule has 5 nitrogen and oxygen atoms in total. The lowest BCUT2D eigenvalue weighted by molar-refractivity contribution is 0.0916. The summed E-state index contributed by atoms with van der Waals surface area (Å²) in [5.41, 5.74) is 7.73. The van der Waals surface area contributed by atoms with Crippen LogP contribution in [0.2, 0.25) is 0 Å². The molecule has 5 heteroatoms. The van der Waals surface area contributed by atoms with Gasteiger partial charge in [-0.2, -0.15) is 0 Å². The van der Waals surface area contributed by atoms with Crippen molar-refractivity contribution >= 4 is 5.91 Å². The summed E-state index contributed by atoms with van der Waals surface area (Å²) in [7, 11) is 0. The number of hydrogen-bond acceptors (Lipinski definition) is 4. The smallest absolute Gasteiger partial charge is 0.251 e. The van der Waals surface area contributed by atoms with Crippen molar-refractivity contribution in [2.45, 2.75) is 19.0 Å². The predicted octanol–water partition coefficient (Wildman–Crippen LogP) is 0.874. The van der Waals surface area contributed by atoms with E-state index in [4.69, 9.17) is 5.73 Å². The molecule has 2 aromatic rings. The third kappa shape index (κ3) is 4.37. The molecule has 0 saturated carbocycles. The van der Waals surface area contributed by atoms with E-state index in [0.717, 1.165) is 5.56 Å². The van der Waals surface area contributed by atoms with Gasteiger partial charge in [0.05, 0.1) is 18.3 Å². The van der Waals surface area contributed by atoms with Gasteiger partial charge < -0.3 is 16.2 Å². The topological polar surface area (TPSA) is 88.2 Å². The van der Waals surface area contributed by atoms with E-state index in [2.05, 4.69) is 10.3 Å². The van der Waals surface area contributed by atoms with Crippen molar-refractivity contribution < 1.29 is 9.90 Å². The molecule has 21 heavy (non-hydrogen) atoms. The standard InChI is InChI=1S/C16H19N3O2/c17-10-14-9-13(6-7-18-14)16(21)19-15(11-20)8-12-4-2-1-3-5-12/h1-7,9,15,20H,8,10-11,17H2,(H,19,21)/t15-/m1/s1. The van der Waals surface area contributed by atoms with E-state index >= 15 is 0 Å². The average molecular weight is 285 g/mol. The molecule has 4 N–H and O–H groups in total. The molecular weight excluding hydrogens is 266 g/mol. The Morgan fingerprint density at radius 1 is 1.29 bits per heavy atom. The van der Waals surface area contributed by atoms with Crippen molar-refractivity contribution in [3.05, 3.63) is 65.5 Å². The number of aromatic nitrogens is 1. The third-order valence-corrected chi connectivity index (χ3v) is 3.17. The Morgan fingerprint density at radius 3 is 2.71 bits per heavy atom.